The lowest BCUT2D eigenvalue weighted by molar-refractivity contribution is 0.246. The summed E-state index contributed by atoms with van der Waals surface area (Å²) in [4.78, 5) is 12.6. The summed E-state index contributed by atoms with van der Waals surface area (Å²) in [6, 6.07) is 9.50. The number of nitrogens with one attached hydrogen (secondary N) is 1. The third-order valence-corrected chi connectivity index (χ3v) is 5.37. The highest BCUT2D eigenvalue weighted by atomic mass is 32.2. The van der Waals surface area contributed by atoms with Crippen molar-refractivity contribution in [2.24, 2.45) is 11.7 Å². The third kappa shape index (κ3) is 3.92. The number of carbonyl (C=O) groups excluding carboxylic acids is 1. The highest BCUT2D eigenvalue weighted by Crippen LogP contribution is 2.45. The first kappa shape index (κ1) is 18.5. The van der Waals surface area contributed by atoms with Crippen molar-refractivity contribution in [2.45, 2.75) is 29.4 Å². The fourth-order valence-corrected chi connectivity index (χ4v) is 3.95. The Morgan fingerprint density at radius 2 is 2.15 bits per heavy atom. The molecule has 1 saturated carbocycles. The normalized spacial score (nSPS) is 13.4. The van der Waals surface area contributed by atoms with Crippen molar-refractivity contribution in [1.82, 2.24) is 5.43 Å². The molecule has 2 aromatic rings. The van der Waals surface area contributed by atoms with E-state index in [9.17, 15) is 9.18 Å². The Labute approximate surface area is 155 Å². The second kappa shape index (κ2) is 7.94. The SMILES string of the molecule is COc1ccc(F)cc1SCc1c(C2CC2)cccc1N(N)C(=O)NN. The van der Waals surface area contributed by atoms with E-state index in [0.717, 1.165) is 29.0 Å². The first-order valence-electron chi connectivity index (χ1n) is 8.18. The van der Waals surface area contributed by atoms with Gasteiger partial charge < -0.3 is 4.74 Å². The minimum atomic E-state index is -0.604. The smallest absolute Gasteiger partial charge is 0.350 e. The van der Waals surface area contributed by atoms with Gasteiger partial charge in [-0.3, -0.25) is 5.43 Å². The van der Waals surface area contributed by atoms with E-state index in [1.165, 1.54) is 23.9 Å². The molecule has 8 heteroatoms. The molecule has 1 aliphatic rings. The number of hydrogen-bond donors (Lipinski definition) is 3. The van der Waals surface area contributed by atoms with Crippen LogP contribution in [0.3, 0.4) is 0 Å². The maximum Gasteiger partial charge on any atom is 0.350 e. The van der Waals surface area contributed by atoms with Crippen LogP contribution in [0.15, 0.2) is 41.3 Å². The van der Waals surface area contributed by atoms with E-state index in [1.54, 1.807) is 19.2 Å². The van der Waals surface area contributed by atoms with Crippen molar-refractivity contribution in [3.8, 4) is 5.75 Å². The van der Waals surface area contributed by atoms with E-state index < -0.39 is 6.03 Å². The molecule has 26 heavy (non-hydrogen) atoms. The summed E-state index contributed by atoms with van der Waals surface area (Å²) in [7, 11) is 1.55. The summed E-state index contributed by atoms with van der Waals surface area (Å²) < 4.78 is 18.9. The average molecular weight is 376 g/mol. The monoisotopic (exact) mass is 376 g/mol. The summed E-state index contributed by atoms with van der Waals surface area (Å²) in [6.07, 6.45) is 2.22. The van der Waals surface area contributed by atoms with Gasteiger partial charge in [-0.05, 0) is 54.2 Å². The molecule has 2 amide bonds. The van der Waals surface area contributed by atoms with Crippen LogP contribution in [0, 0.1) is 5.82 Å². The first-order chi connectivity index (χ1) is 12.5. The number of thioether (sulfide) groups is 1. The lowest BCUT2D eigenvalue weighted by Gasteiger charge is -2.22. The number of hydrogen-bond acceptors (Lipinski definition) is 5. The first-order valence-corrected chi connectivity index (χ1v) is 9.17. The number of anilines is 1. The Hall–Kier alpha value is -2.29. The molecule has 0 bridgehead atoms. The van der Waals surface area contributed by atoms with Gasteiger partial charge in [0.1, 0.15) is 11.6 Å². The van der Waals surface area contributed by atoms with Gasteiger partial charge in [0.25, 0.3) is 0 Å². The molecule has 0 radical (unpaired) electrons. The van der Waals surface area contributed by atoms with Crippen molar-refractivity contribution in [1.29, 1.82) is 0 Å². The second-order valence-corrected chi connectivity index (χ2v) is 7.04. The van der Waals surface area contributed by atoms with Crippen LogP contribution in [-0.2, 0) is 5.75 Å². The standard InChI is InChI=1S/C18H21FN4O2S/c1-25-16-8-7-12(19)9-17(16)26-10-14-13(11-5-6-11)3-2-4-15(14)23(21)18(24)22-20/h2-4,7-9,11H,5-6,10,20-21H2,1H3,(H,22,24). The molecule has 6 nitrogen and oxygen atoms in total. The maximum atomic E-state index is 13.6. The number of ether oxygens (including phenoxy) is 1. The van der Waals surface area contributed by atoms with Gasteiger partial charge >= 0.3 is 6.03 Å². The molecule has 138 valence electrons. The average Bonchev–Trinajstić information content (AvgIpc) is 3.50. The number of benzene rings is 2. The molecule has 0 aromatic heterocycles. The number of amides is 2. The molecule has 0 saturated heterocycles. The topological polar surface area (TPSA) is 93.6 Å². The minimum Gasteiger partial charge on any atom is -0.496 e. The lowest BCUT2D eigenvalue weighted by Crippen LogP contribution is -2.48. The molecule has 2 aromatic carbocycles. The predicted octanol–water partition coefficient (Wildman–Crippen LogP) is 3.27. The van der Waals surface area contributed by atoms with Gasteiger partial charge in [-0.1, -0.05) is 12.1 Å². The highest BCUT2D eigenvalue weighted by Gasteiger charge is 2.28. The molecule has 0 heterocycles. The van der Waals surface area contributed by atoms with Crippen LogP contribution in [-0.4, -0.2) is 13.1 Å². The Morgan fingerprint density at radius 1 is 1.38 bits per heavy atom. The van der Waals surface area contributed by atoms with Crippen molar-refractivity contribution in [2.75, 3.05) is 12.1 Å². The van der Waals surface area contributed by atoms with Crippen LogP contribution in [0.4, 0.5) is 14.9 Å². The Morgan fingerprint density at radius 3 is 2.81 bits per heavy atom. The van der Waals surface area contributed by atoms with Crippen LogP contribution >= 0.6 is 11.8 Å². The summed E-state index contributed by atoms with van der Waals surface area (Å²) in [5, 5.41) is 1.00. The van der Waals surface area contributed by atoms with E-state index >= 15 is 0 Å². The zero-order chi connectivity index (χ0) is 18.7. The number of nitrogens with two attached hydrogens (primary N) is 2. The van der Waals surface area contributed by atoms with Crippen LogP contribution < -0.4 is 26.9 Å². The van der Waals surface area contributed by atoms with Crippen molar-refractivity contribution >= 4 is 23.5 Å². The number of hydrazine groups is 2. The van der Waals surface area contributed by atoms with Gasteiger partial charge in [-0.15, -0.1) is 11.8 Å². The van der Waals surface area contributed by atoms with Gasteiger partial charge in [-0.2, -0.15) is 0 Å². The van der Waals surface area contributed by atoms with Crippen LogP contribution in [0.1, 0.15) is 29.9 Å². The fraction of sp³-hybridized carbons (Fsp3) is 0.278. The van der Waals surface area contributed by atoms with Gasteiger partial charge in [0.2, 0.25) is 0 Å². The Kier molecular flexibility index (Phi) is 5.65. The van der Waals surface area contributed by atoms with Gasteiger partial charge in [-0.25, -0.2) is 25.9 Å². The molecule has 1 aliphatic carbocycles. The fourth-order valence-electron chi connectivity index (χ4n) is 2.84. The van der Waals surface area contributed by atoms with E-state index in [-0.39, 0.29) is 5.82 Å². The van der Waals surface area contributed by atoms with Crippen molar-refractivity contribution < 1.29 is 13.9 Å². The largest absolute Gasteiger partial charge is 0.496 e. The predicted molar refractivity (Wildman–Crippen MR) is 100 cm³/mol. The van der Waals surface area contributed by atoms with E-state index in [4.69, 9.17) is 16.4 Å². The molecule has 0 atom stereocenters. The molecular formula is C18H21FN4O2S. The third-order valence-electron chi connectivity index (χ3n) is 4.30. The summed E-state index contributed by atoms with van der Waals surface area (Å²) in [5.74, 6) is 12.4. The summed E-state index contributed by atoms with van der Waals surface area (Å²) in [6.45, 7) is 0. The van der Waals surface area contributed by atoms with E-state index in [0.29, 0.717) is 28.0 Å². The van der Waals surface area contributed by atoms with Gasteiger partial charge in [0, 0.05) is 5.75 Å². The van der Waals surface area contributed by atoms with E-state index in [1.807, 2.05) is 17.6 Å². The van der Waals surface area contributed by atoms with Crippen LogP contribution in [0.25, 0.3) is 0 Å². The summed E-state index contributed by atoms with van der Waals surface area (Å²) in [5.41, 5.74) is 4.72. The Bertz CT molecular complexity index is 814. The Balaban J connectivity index is 1.93. The van der Waals surface area contributed by atoms with Crippen LogP contribution in [0.2, 0.25) is 0 Å². The number of rotatable bonds is 6. The maximum absolute atomic E-state index is 13.6. The number of carbonyl (C=O) groups is 1. The number of halogens is 1. The molecule has 0 aliphatic heterocycles. The molecule has 1 fully saturated rings. The number of urea groups is 1. The zero-order valence-corrected chi connectivity index (χ0v) is 15.2. The van der Waals surface area contributed by atoms with Crippen LogP contribution in [0.5, 0.6) is 5.75 Å². The van der Waals surface area contributed by atoms with Crippen molar-refractivity contribution in [3.05, 3.63) is 53.3 Å². The van der Waals surface area contributed by atoms with Gasteiger partial charge in [0.05, 0.1) is 17.7 Å². The van der Waals surface area contributed by atoms with Gasteiger partial charge in [0.15, 0.2) is 0 Å². The zero-order valence-electron chi connectivity index (χ0n) is 14.4. The molecular weight excluding hydrogens is 355 g/mol. The molecule has 5 N–H and O–H groups in total. The number of methoxy groups -OCH3 is 1. The molecule has 3 rings (SSSR count). The molecule has 0 unspecified atom stereocenters. The lowest BCUT2D eigenvalue weighted by atomic mass is 10.0. The van der Waals surface area contributed by atoms with E-state index in [2.05, 4.69) is 0 Å². The number of nitrogens with zero attached hydrogens (tertiary/aromatic N) is 1. The quantitative estimate of drug-likeness (QED) is 0.311. The second-order valence-electron chi connectivity index (χ2n) is 6.02. The minimum absolute atomic E-state index is 0.327. The summed E-state index contributed by atoms with van der Waals surface area (Å²) >= 11 is 1.44. The van der Waals surface area contributed by atoms with Crippen molar-refractivity contribution in [3.63, 3.8) is 0 Å². The molecule has 0 spiro atoms. The highest BCUT2D eigenvalue weighted by molar-refractivity contribution is 7.98.